The normalized spacial score (nSPS) is 10.4. The number of ether oxygens (including phenoxy) is 1. The van der Waals surface area contributed by atoms with E-state index in [1.165, 1.54) is 7.11 Å². The van der Waals surface area contributed by atoms with Gasteiger partial charge in [0.05, 0.1) is 20.1 Å². The molecule has 1 amide bonds. The predicted octanol–water partition coefficient (Wildman–Crippen LogP) is 2.88. The first-order chi connectivity index (χ1) is 10.9. The fraction of sp³-hybridized carbons (Fsp3) is 0.333. The van der Waals surface area contributed by atoms with Crippen LogP contribution in [0.5, 0.6) is 0 Å². The van der Waals surface area contributed by atoms with Gasteiger partial charge in [0.15, 0.2) is 0 Å². The van der Waals surface area contributed by atoms with E-state index in [-0.39, 0.29) is 5.91 Å². The average molecular weight is 315 g/mol. The van der Waals surface area contributed by atoms with Gasteiger partial charge in [0, 0.05) is 7.05 Å². The van der Waals surface area contributed by atoms with E-state index in [1.807, 2.05) is 31.2 Å². The number of hydrogen-bond donors (Lipinski definition) is 0. The van der Waals surface area contributed by atoms with Crippen LogP contribution < -0.4 is 0 Å². The molecule has 1 aromatic carbocycles. The summed E-state index contributed by atoms with van der Waals surface area (Å²) >= 11 is 0. The second-order valence-corrected chi connectivity index (χ2v) is 5.59. The lowest BCUT2D eigenvalue weighted by molar-refractivity contribution is -0.129. The molecule has 0 fully saturated rings. The minimum atomic E-state index is -0.439. The highest BCUT2D eigenvalue weighted by Gasteiger charge is 2.18. The Bertz CT molecular complexity index is 700. The van der Waals surface area contributed by atoms with Gasteiger partial charge in [-0.05, 0) is 25.5 Å². The van der Waals surface area contributed by atoms with E-state index in [0.29, 0.717) is 30.0 Å². The van der Waals surface area contributed by atoms with Crippen LogP contribution in [-0.2, 0) is 22.5 Å². The highest BCUT2D eigenvalue weighted by atomic mass is 16.5. The molecule has 1 aromatic heterocycles. The number of benzene rings is 1. The zero-order valence-corrected chi connectivity index (χ0v) is 13.9. The molecule has 0 atom stereocenters. The molecule has 2 rings (SSSR count). The maximum absolute atomic E-state index is 12.3. The maximum atomic E-state index is 12.3. The van der Waals surface area contributed by atoms with Gasteiger partial charge in [0.2, 0.25) is 5.91 Å². The standard InChI is InChI=1S/C18H21NO4/c1-12-5-7-14(8-6-12)9-17(20)19(3)11-15-10-16(13(2)23-15)18(21)22-4/h5-8,10H,9,11H2,1-4H3. The van der Waals surface area contributed by atoms with E-state index in [0.717, 1.165) is 11.1 Å². The molecule has 0 N–H and O–H groups in total. The topological polar surface area (TPSA) is 59.8 Å². The van der Waals surface area contributed by atoms with Crippen molar-refractivity contribution >= 4 is 11.9 Å². The lowest BCUT2D eigenvalue weighted by Gasteiger charge is -2.15. The van der Waals surface area contributed by atoms with Crippen LogP contribution in [0.2, 0.25) is 0 Å². The molecule has 2 aromatic rings. The third-order valence-corrected chi connectivity index (χ3v) is 3.67. The molecule has 0 saturated carbocycles. The smallest absolute Gasteiger partial charge is 0.341 e. The van der Waals surface area contributed by atoms with Crippen LogP contribution in [0.4, 0.5) is 0 Å². The van der Waals surface area contributed by atoms with Gasteiger partial charge in [-0.15, -0.1) is 0 Å². The van der Waals surface area contributed by atoms with Crippen molar-refractivity contribution in [3.63, 3.8) is 0 Å². The van der Waals surface area contributed by atoms with Crippen LogP contribution >= 0.6 is 0 Å². The monoisotopic (exact) mass is 315 g/mol. The Morgan fingerprint density at radius 2 is 1.83 bits per heavy atom. The summed E-state index contributed by atoms with van der Waals surface area (Å²) in [6.07, 6.45) is 0.334. The molecular weight excluding hydrogens is 294 g/mol. The molecule has 0 unspecified atom stereocenters. The summed E-state index contributed by atoms with van der Waals surface area (Å²) in [5, 5.41) is 0. The minimum absolute atomic E-state index is 0.0116. The number of likely N-dealkylation sites (N-methyl/N-ethyl adjacent to an activating group) is 1. The van der Waals surface area contributed by atoms with Gasteiger partial charge in [-0.25, -0.2) is 4.79 Å². The number of carbonyl (C=O) groups is 2. The highest BCUT2D eigenvalue weighted by Crippen LogP contribution is 2.17. The Morgan fingerprint density at radius 1 is 1.17 bits per heavy atom. The summed E-state index contributed by atoms with van der Waals surface area (Å²) in [6, 6.07) is 9.50. The van der Waals surface area contributed by atoms with E-state index in [4.69, 9.17) is 9.15 Å². The number of hydrogen-bond acceptors (Lipinski definition) is 4. The van der Waals surface area contributed by atoms with E-state index >= 15 is 0 Å². The van der Waals surface area contributed by atoms with Crippen molar-refractivity contribution in [3.8, 4) is 0 Å². The molecule has 0 spiro atoms. The van der Waals surface area contributed by atoms with Crippen LogP contribution in [0.25, 0.3) is 0 Å². The van der Waals surface area contributed by atoms with Crippen molar-refractivity contribution in [2.75, 3.05) is 14.2 Å². The van der Waals surface area contributed by atoms with Crippen molar-refractivity contribution in [1.29, 1.82) is 0 Å². The van der Waals surface area contributed by atoms with Crippen molar-refractivity contribution < 1.29 is 18.7 Å². The molecule has 0 aliphatic rings. The lowest BCUT2D eigenvalue weighted by Crippen LogP contribution is -2.27. The number of methoxy groups -OCH3 is 1. The molecule has 0 bridgehead atoms. The largest absolute Gasteiger partial charge is 0.465 e. The Labute approximate surface area is 135 Å². The van der Waals surface area contributed by atoms with E-state index in [1.54, 1.807) is 24.9 Å². The van der Waals surface area contributed by atoms with Crippen LogP contribution in [0.15, 0.2) is 34.7 Å². The van der Waals surface area contributed by atoms with Crippen molar-refractivity contribution in [2.45, 2.75) is 26.8 Å². The number of carbonyl (C=O) groups excluding carboxylic acids is 2. The minimum Gasteiger partial charge on any atom is -0.465 e. The first kappa shape index (κ1) is 16.8. The molecular formula is C18H21NO4. The van der Waals surface area contributed by atoms with Gasteiger partial charge < -0.3 is 14.1 Å². The number of rotatable bonds is 5. The summed E-state index contributed by atoms with van der Waals surface area (Å²) in [7, 11) is 3.04. The second kappa shape index (κ2) is 7.13. The lowest BCUT2D eigenvalue weighted by atomic mass is 10.1. The molecule has 0 saturated heterocycles. The van der Waals surface area contributed by atoms with Gasteiger partial charge in [-0.1, -0.05) is 29.8 Å². The zero-order valence-electron chi connectivity index (χ0n) is 13.9. The van der Waals surface area contributed by atoms with Crippen molar-refractivity contribution in [2.24, 2.45) is 0 Å². The van der Waals surface area contributed by atoms with E-state index in [2.05, 4.69) is 0 Å². The maximum Gasteiger partial charge on any atom is 0.341 e. The number of aryl methyl sites for hydroxylation is 2. The van der Waals surface area contributed by atoms with Gasteiger partial charge in [0.25, 0.3) is 0 Å². The molecule has 0 aliphatic carbocycles. The third-order valence-electron chi connectivity index (χ3n) is 3.67. The van der Waals surface area contributed by atoms with Gasteiger partial charge in [-0.2, -0.15) is 0 Å². The molecule has 5 nitrogen and oxygen atoms in total. The van der Waals surface area contributed by atoms with Gasteiger partial charge >= 0.3 is 5.97 Å². The van der Waals surface area contributed by atoms with Crippen LogP contribution in [-0.4, -0.2) is 30.9 Å². The molecule has 0 aliphatic heterocycles. The summed E-state index contributed by atoms with van der Waals surface area (Å²) in [5.74, 6) is 0.600. The quantitative estimate of drug-likeness (QED) is 0.796. The first-order valence-electron chi connectivity index (χ1n) is 7.38. The number of esters is 1. The summed E-state index contributed by atoms with van der Waals surface area (Å²) in [6.45, 7) is 4.02. The Balaban J connectivity index is 2.01. The van der Waals surface area contributed by atoms with Gasteiger partial charge in [0.1, 0.15) is 17.1 Å². The highest BCUT2D eigenvalue weighted by molar-refractivity contribution is 5.90. The van der Waals surface area contributed by atoms with Crippen LogP contribution in [0.1, 0.15) is 33.0 Å². The number of nitrogens with zero attached hydrogens (tertiary/aromatic N) is 1. The Morgan fingerprint density at radius 3 is 2.43 bits per heavy atom. The Kier molecular flexibility index (Phi) is 5.21. The van der Waals surface area contributed by atoms with Crippen LogP contribution in [0.3, 0.4) is 0 Å². The van der Waals surface area contributed by atoms with Crippen molar-refractivity contribution in [3.05, 3.63) is 58.5 Å². The number of furan rings is 1. The molecule has 122 valence electrons. The van der Waals surface area contributed by atoms with E-state index in [9.17, 15) is 9.59 Å². The summed E-state index contributed by atoms with van der Waals surface area (Å²) < 4.78 is 10.2. The molecule has 23 heavy (non-hydrogen) atoms. The average Bonchev–Trinajstić information content (AvgIpc) is 2.89. The third kappa shape index (κ3) is 4.22. The summed E-state index contributed by atoms with van der Waals surface area (Å²) in [4.78, 5) is 25.4. The number of amides is 1. The Hall–Kier alpha value is -2.56. The molecule has 1 heterocycles. The molecule has 5 heteroatoms. The fourth-order valence-electron chi connectivity index (χ4n) is 2.27. The van der Waals surface area contributed by atoms with Crippen LogP contribution in [0, 0.1) is 13.8 Å². The SMILES string of the molecule is COC(=O)c1cc(CN(C)C(=O)Cc2ccc(C)cc2)oc1C. The van der Waals surface area contributed by atoms with E-state index < -0.39 is 5.97 Å². The second-order valence-electron chi connectivity index (χ2n) is 5.59. The summed E-state index contributed by atoms with van der Waals surface area (Å²) in [5.41, 5.74) is 2.52. The van der Waals surface area contributed by atoms with Gasteiger partial charge in [-0.3, -0.25) is 4.79 Å². The predicted molar refractivity (Wildman–Crippen MR) is 86.1 cm³/mol. The fourth-order valence-corrected chi connectivity index (χ4v) is 2.27. The van der Waals surface area contributed by atoms with Crippen molar-refractivity contribution in [1.82, 2.24) is 4.90 Å². The zero-order chi connectivity index (χ0) is 17.0. The first-order valence-corrected chi connectivity index (χ1v) is 7.38. The molecule has 0 radical (unpaired) electrons.